The molecule has 0 unspecified atom stereocenters. The summed E-state index contributed by atoms with van der Waals surface area (Å²) in [7, 11) is 0. The fourth-order valence-corrected chi connectivity index (χ4v) is 1.87. The molecule has 0 radical (unpaired) electrons. The average Bonchev–Trinajstić information content (AvgIpc) is 2.60. The molecule has 0 saturated heterocycles. The molecule has 0 atom stereocenters. The maximum atomic E-state index is 12.1. The molecule has 0 saturated carbocycles. The van der Waals surface area contributed by atoms with Gasteiger partial charge < -0.3 is 26.7 Å². The molecule has 1 amide bonds. The van der Waals surface area contributed by atoms with Gasteiger partial charge in [0.1, 0.15) is 5.75 Å². The molecular weight excluding hydrogens is 340 g/mol. The maximum absolute atomic E-state index is 12.1. The summed E-state index contributed by atoms with van der Waals surface area (Å²) >= 11 is 0. The van der Waals surface area contributed by atoms with E-state index in [9.17, 15) is 14.4 Å². The first-order valence-corrected chi connectivity index (χ1v) is 7.32. The average molecular weight is 356 g/mol. The number of esters is 2. The van der Waals surface area contributed by atoms with Crippen molar-refractivity contribution in [3.63, 3.8) is 0 Å². The van der Waals surface area contributed by atoms with Crippen molar-refractivity contribution in [3.8, 4) is 5.75 Å². The molecule has 2 aromatic carbocycles. The number of aliphatic imine (C=N–C) groups is 1. The lowest BCUT2D eigenvalue weighted by Crippen LogP contribution is -2.21. The number of ether oxygens (including phenoxy) is 2. The van der Waals surface area contributed by atoms with Crippen molar-refractivity contribution in [3.05, 3.63) is 59.7 Å². The van der Waals surface area contributed by atoms with E-state index >= 15 is 0 Å². The third kappa shape index (κ3) is 5.34. The second-order valence-corrected chi connectivity index (χ2v) is 5.04. The minimum absolute atomic E-state index is 0.0882. The molecule has 0 aliphatic carbocycles. The Morgan fingerprint density at radius 1 is 0.808 bits per heavy atom. The van der Waals surface area contributed by atoms with Gasteiger partial charge in [0.05, 0.1) is 16.8 Å². The molecule has 9 heteroatoms. The van der Waals surface area contributed by atoms with Crippen LogP contribution in [-0.2, 0) is 9.53 Å². The number of amides is 1. The third-order valence-corrected chi connectivity index (χ3v) is 3.01. The number of nitrogens with two attached hydrogens (primary N) is 3. The van der Waals surface area contributed by atoms with Crippen LogP contribution in [0.3, 0.4) is 0 Å². The van der Waals surface area contributed by atoms with Crippen LogP contribution in [0.4, 0.5) is 5.69 Å². The number of rotatable bonds is 6. The number of carbonyl (C=O) groups excluding carboxylic acids is 3. The Kier molecular flexibility index (Phi) is 5.88. The molecule has 0 bridgehead atoms. The zero-order valence-corrected chi connectivity index (χ0v) is 13.5. The Balaban J connectivity index is 1.99. The highest BCUT2D eigenvalue weighted by Crippen LogP contribution is 2.17. The van der Waals surface area contributed by atoms with Gasteiger partial charge in [-0.15, -0.1) is 0 Å². The quantitative estimate of drug-likeness (QED) is 0.293. The maximum Gasteiger partial charge on any atom is 0.343 e. The van der Waals surface area contributed by atoms with Gasteiger partial charge in [0.2, 0.25) is 0 Å². The predicted octanol–water partition coefficient (Wildman–Crippen LogP) is 0.453. The first-order valence-electron chi connectivity index (χ1n) is 7.32. The lowest BCUT2D eigenvalue weighted by Gasteiger charge is -2.06. The van der Waals surface area contributed by atoms with Gasteiger partial charge in [0, 0.05) is 0 Å². The predicted molar refractivity (Wildman–Crippen MR) is 92.8 cm³/mol. The fraction of sp³-hybridized carbons (Fsp3) is 0.0588. The molecule has 0 aromatic heterocycles. The Labute approximate surface area is 148 Å². The van der Waals surface area contributed by atoms with E-state index in [0.29, 0.717) is 11.3 Å². The van der Waals surface area contributed by atoms with Crippen LogP contribution < -0.4 is 21.9 Å². The third-order valence-electron chi connectivity index (χ3n) is 3.01. The van der Waals surface area contributed by atoms with Crippen LogP contribution in [-0.4, -0.2) is 30.4 Å². The minimum Gasteiger partial charge on any atom is -0.452 e. The summed E-state index contributed by atoms with van der Waals surface area (Å²) in [5, 5.41) is 0. The second kappa shape index (κ2) is 8.29. The number of hydrogen-bond acceptors (Lipinski definition) is 6. The number of hydrogen-bond donors (Lipinski definition) is 3. The van der Waals surface area contributed by atoms with Crippen molar-refractivity contribution >= 4 is 29.5 Å². The van der Waals surface area contributed by atoms with Crippen LogP contribution >= 0.6 is 0 Å². The van der Waals surface area contributed by atoms with E-state index in [1.807, 2.05) is 0 Å². The Morgan fingerprint density at radius 3 is 1.88 bits per heavy atom. The largest absolute Gasteiger partial charge is 0.452 e. The van der Waals surface area contributed by atoms with E-state index in [4.69, 9.17) is 21.9 Å². The Morgan fingerprint density at radius 2 is 1.35 bits per heavy atom. The standard InChI is InChI=1S/C17H16N4O5/c18-14(22)9-25-15(23)10-3-7-13(8-4-10)26-16(24)11-1-5-12(6-2-11)21-17(19)20/h1-8H,9H2,(H2,18,22)(H4,19,20,21). The molecule has 0 aliphatic heterocycles. The molecule has 26 heavy (non-hydrogen) atoms. The normalized spacial score (nSPS) is 9.85. The van der Waals surface area contributed by atoms with E-state index < -0.39 is 24.5 Å². The van der Waals surface area contributed by atoms with Gasteiger partial charge in [0.25, 0.3) is 5.91 Å². The van der Waals surface area contributed by atoms with Crippen molar-refractivity contribution < 1.29 is 23.9 Å². The fourth-order valence-electron chi connectivity index (χ4n) is 1.87. The second-order valence-electron chi connectivity index (χ2n) is 5.04. The van der Waals surface area contributed by atoms with Crippen LogP contribution in [0.2, 0.25) is 0 Å². The smallest absolute Gasteiger partial charge is 0.343 e. The lowest BCUT2D eigenvalue weighted by atomic mass is 10.2. The minimum atomic E-state index is -0.755. The Bertz CT molecular complexity index is 840. The summed E-state index contributed by atoms with van der Waals surface area (Å²) in [6.45, 7) is -0.509. The molecular formula is C17H16N4O5. The van der Waals surface area contributed by atoms with Crippen molar-refractivity contribution in [1.82, 2.24) is 0 Å². The van der Waals surface area contributed by atoms with Gasteiger partial charge in [-0.1, -0.05) is 0 Å². The van der Waals surface area contributed by atoms with Gasteiger partial charge in [-0.2, -0.15) is 0 Å². The summed E-state index contributed by atoms with van der Waals surface area (Å²) in [4.78, 5) is 38.2. The molecule has 0 fully saturated rings. The van der Waals surface area contributed by atoms with Crippen molar-refractivity contribution in [1.29, 1.82) is 0 Å². The van der Waals surface area contributed by atoms with Crippen LogP contribution in [0.25, 0.3) is 0 Å². The van der Waals surface area contributed by atoms with Gasteiger partial charge >= 0.3 is 11.9 Å². The first kappa shape index (κ1) is 18.5. The first-order chi connectivity index (χ1) is 12.3. The van der Waals surface area contributed by atoms with E-state index in [0.717, 1.165) is 0 Å². The molecule has 0 spiro atoms. The number of primary amides is 1. The summed E-state index contributed by atoms with van der Waals surface area (Å²) in [5.74, 6) is -1.92. The van der Waals surface area contributed by atoms with Gasteiger partial charge in [0.15, 0.2) is 12.6 Å². The lowest BCUT2D eigenvalue weighted by molar-refractivity contribution is -0.121. The molecule has 6 N–H and O–H groups in total. The molecule has 2 rings (SSSR count). The summed E-state index contributed by atoms with van der Waals surface area (Å²) < 4.78 is 9.87. The zero-order valence-electron chi connectivity index (χ0n) is 13.5. The van der Waals surface area contributed by atoms with Gasteiger partial charge in [-0.05, 0) is 48.5 Å². The molecule has 0 aliphatic rings. The van der Waals surface area contributed by atoms with E-state index in [1.165, 1.54) is 36.4 Å². The van der Waals surface area contributed by atoms with Crippen LogP contribution in [0.1, 0.15) is 20.7 Å². The topological polar surface area (TPSA) is 160 Å². The van der Waals surface area contributed by atoms with E-state index in [1.54, 1.807) is 12.1 Å². The number of benzene rings is 2. The van der Waals surface area contributed by atoms with Crippen molar-refractivity contribution in [2.24, 2.45) is 22.2 Å². The highest BCUT2D eigenvalue weighted by atomic mass is 16.5. The molecule has 2 aromatic rings. The van der Waals surface area contributed by atoms with Crippen LogP contribution in [0, 0.1) is 0 Å². The van der Waals surface area contributed by atoms with Gasteiger partial charge in [-0.3, -0.25) is 4.79 Å². The number of nitrogens with zero attached hydrogens (tertiary/aromatic N) is 1. The Hall–Kier alpha value is -3.88. The van der Waals surface area contributed by atoms with Crippen molar-refractivity contribution in [2.75, 3.05) is 6.61 Å². The summed E-state index contributed by atoms with van der Waals surface area (Å²) in [6.07, 6.45) is 0. The zero-order chi connectivity index (χ0) is 19.1. The van der Waals surface area contributed by atoms with Gasteiger partial charge in [-0.25, -0.2) is 14.6 Å². The highest BCUT2D eigenvalue weighted by molar-refractivity contribution is 5.93. The van der Waals surface area contributed by atoms with Crippen molar-refractivity contribution in [2.45, 2.75) is 0 Å². The summed E-state index contributed by atoms with van der Waals surface area (Å²) in [5.41, 5.74) is 16.4. The highest BCUT2D eigenvalue weighted by Gasteiger charge is 2.11. The summed E-state index contributed by atoms with van der Waals surface area (Å²) in [6, 6.07) is 11.8. The monoisotopic (exact) mass is 356 g/mol. The van der Waals surface area contributed by atoms with Crippen LogP contribution in [0.5, 0.6) is 5.75 Å². The van der Waals surface area contributed by atoms with E-state index in [2.05, 4.69) is 9.73 Å². The number of carbonyl (C=O) groups is 3. The molecule has 0 heterocycles. The van der Waals surface area contributed by atoms with Crippen LogP contribution in [0.15, 0.2) is 53.5 Å². The SMILES string of the molecule is NC(=O)COC(=O)c1ccc(OC(=O)c2ccc(N=C(N)N)cc2)cc1. The number of guanidine groups is 1. The molecule has 134 valence electrons. The molecule has 9 nitrogen and oxygen atoms in total. The van der Waals surface area contributed by atoms with E-state index in [-0.39, 0.29) is 17.3 Å².